The first-order chi connectivity index (χ1) is 11.9. The van der Waals surface area contributed by atoms with Crippen LogP contribution in [0.2, 0.25) is 0 Å². The van der Waals surface area contributed by atoms with Crippen LogP contribution < -0.4 is 0 Å². The lowest BCUT2D eigenvalue weighted by atomic mass is 10.3. The van der Waals surface area contributed by atoms with Gasteiger partial charge in [-0.3, -0.25) is 0 Å². The monoisotopic (exact) mass is 337 g/mol. The fourth-order valence-corrected chi connectivity index (χ4v) is 3.24. The smallest absolute Gasteiger partial charge is 0.214 e. The second-order valence-electron chi connectivity index (χ2n) is 5.24. The number of benzene rings is 2. The third kappa shape index (κ3) is 3.16. The number of nitrogens with zero attached hydrogens (tertiary/aromatic N) is 5. The fourth-order valence-electron chi connectivity index (χ4n) is 2.41. The Morgan fingerprint density at radius 1 is 1.00 bits per heavy atom. The molecule has 2 aromatic heterocycles. The molecule has 120 valence electrons. The van der Waals surface area contributed by atoms with E-state index >= 15 is 0 Å². The highest BCUT2D eigenvalue weighted by Gasteiger charge is 2.09. The average molecular weight is 337 g/mol. The van der Waals surface area contributed by atoms with E-state index in [0.29, 0.717) is 0 Å². The van der Waals surface area contributed by atoms with Crippen LogP contribution in [0.15, 0.2) is 64.2 Å². The molecule has 0 saturated carbocycles. The van der Waals surface area contributed by atoms with Crippen LogP contribution in [0, 0.1) is 0 Å². The number of hydrogen-bond donors (Lipinski definition) is 0. The molecule has 0 fully saturated rings. The van der Waals surface area contributed by atoms with Crippen molar-refractivity contribution < 1.29 is 4.42 Å². The molecule has 0 N–H and O–H groups in total. The first-order valence-corrected chi connectivity index (χ1v) is 8.70. The zero-order chi connectivity index (χ0) is 16.2. The second-order valence-corrected chi connectivity index (χ2v) is 6.30. The number of aryl methyl sites for hydroxylation is 1. The van der Waals surface area contributed by atoms with E-state index in [4.69, 9.17) is 4.42 Å². The van der Waals surface area contributed by atoms with Crippen molar-refractivity contribution in [2.24, 2.45) is 0 Å². The summed E-state index contributed by atoms with van der Waals surface area (Å²) in [6, 6.07) is 17.7. The molecule has 4 rings (SSSR count). The molecular formula is C17H15N5OS. The van der Waals surface area contributed by atoms with Crippen molar-refractivity contribution in [3.63, 3.8) is 0 Å². The molecule has 0 aliphatic rings. The fraction of sp³-hybridized carbons (Fsp3) is 0.176. The Morgan fingerprint density at radius 3 is 2.71 bits per heavy atom. The van der Waals surface area contributed by atoms with Crippen LogP contribution in [0.4, 0.5) is 0 Å². The maximum atomic E-state index is 5.73. The number of rotatable bonds is 6. The van der Waals surface area contributed by atoms with Gasteiger partial charge in [0.05, 0.1) is 5.69 Å². The maximum Gasteiger partial charge on any atom is 0.214 e. The average Bonchev–Trinajstić information content (AvgIpc) is 3.25. The normalized spacial score (nSPS) is 11.2. The summed E-state index contributed by atoms with van der Waals surface area (Å²) >= 11 is 1.63. The van der Waals surface area contributed by atoms with Crippen molar-refractivity contribution in [2.75, 3.05) is 5.75 Å². The van der Waals surface area contributed by atoms with Gasteiger partial charge >= 0.3 is 0 Å². The molecule has 0 amide bonds. The molecule has 0 unspecified atom stereocenters. The highest BCUT2D eigenvalue weighted by Crippen LogP contribution is 2.20. The number of thioether (sulfide) groups is 1. The van der Waals surface area contributed by atoms with Crippen LogP contribution >= 0.6 is 11.8 Å². The quantitative estimate of drug-likeness (QED) is 0.396. The lowest BCUT2D eigenvalue weighted by molar-refractivity contribution is 0.526. The van der Waals surface area contributed by atoms with E-state index in [0.717, 1.165) is 46.4 Å². The number of oxazole rings is 1. The third-order valence-electron chi connectivity index (χ3n) is 3.55. The Labute approximate surface area is 142 Å². The second kappa shape index (κ2) is 6.84. The van der Waals surface area contributed by atoms with Crippen molar-refractivity contribution in [3.05, 3.63) is 60.5 Å². The van der Waals surface area contributed by atoms with E-state index in [9.17, 15) is 0 Å². The van der Waals surface area contributed by atoms with Crippen LogP contribution in [0.5, 0.6) is 0 Å². The van der Waals surface area contributed by atoms with E-state index in [-0.39, 0.29) is 0 Å². The maximum absolute atomic E-state index is 5.73. The number of fused-ring (bicyclic) bond motifs is 1. The molecular weight excluding hydrogens is 322 g/mol. The van der Waals surface area contributed by atoms with Gasteiger partial charge in [-0.2, -0.15) is 4.68 Å². The zero-order valence-corrected chi connectivity index (χ0v) is 13.7. The molecule has 0 radical (unpaired) electrons. The van der Waals surface area contributed by atoms with Crippen LogP contribution in [0.25, 0.3) is 16.8 Å². The van der Waals surface area contributed by atoms with E-state index < -0.39 is 0 Å². The van der Waals surface area contributed by atoms with Gasteiger partial charge in [-0.15, -0.1) is 5.10 Å². The van der Waals surface area contributed by atoms with Crippen molar-refractivity contribution in [1.29, 1.82) is 0 Å². The topological polar surface area (TPSA) is 69.6 Å². The Balaban J connectivity index is 1.36. The van der Waals surface area contributed by atoms with Crippen molar-refractivity contribution in [3.8, 4) is 5.69 Å². The predicted molar refractivity (Wildman–Crippen MR) is 92.2 cm³/mol. The lowest BCUT2D eigenvalue weighted by Crippen LogP contribution is -1.99. The van der Waals surface area contributed by atoms with Gasteiger partial charge < -0.3 is 4.42 Å². The van der Waals surface area contributed by atoms with Gasteiger partial charge in [0.1, 0.15) is 5.52 Å². The molecule has 0 saturated heterocycles. The van der Waals surface area contributed by atoms with Gasteiger partial charge in [0.25, 0.3) is 0 Å². The Kier molecular flexibility index (Phi) is 4.24. The highest BCUT2D eigenvalue weighted by atomic mass is 32.2. The number of hydrogen-bond acceptors (Lipinski definition) is 6. The summed E-state index contributed by atoms with van der Waals surface area (Å²) in [6.07, 6.45) is 1.74. The number of para-hydroxylation sites is 3. The van der Waals surface area contributed by atoms with Gasteiger partial charge in [0, 0.05) is 12.2 Å². The molecule has 7 heteroatoms. The van der Waals surface area contributed by atoms with Gasteiger partial charge in [-0.25, -0.2) is 4.98 Å². The first-order valence-electron chi connectivity index (χ1n) is 7.71. The molecule has 4 aromatic rings. The SMILES string of the molecule is c1ccc(-n2nnnc2SCCCc2nc3ccccc3o2)cc1. The lowest BCUT2D eigenvalue weighted by Gasteiger charge is -2.03. The van der Waals surface area contributed by atoms with E-state index in [2.05, 4.69) is 20.5 Å². The molecule has 0 aliphatic carbocycles. The molecule has 2 aromatic carbocycles. The highest BCUT2D eigenvalue weighted by molar-refractivity contribution is 7.99. The summed E-state index contributed by atoms with van der Waals surface area (Å²) in [5.41, 5.74) is 2.71. The summed E-state index contributed by atoms with van der Waals surface area (Å²) in [7, 11) is 0. The Hall–Kier alpha value is -2.67. The standard InChI is InChI=1S/C17H15N5OS/c1-2-7-13(8-3-1)22-17(19-20-21-22)24-12-6-11-16-18-14-9-4-5-10-15(14)23-16/h1-5,7-10H,6,11-12H2. The third-order valence-corrected chi connectivity index (χ3v) is 4.55. The van der Waals surface area contributed by atoms with Crippen molar-refractivity contribution in [2.45, 2.75) is 18.0 Å². The van der Waals surface area contributed by atoms with Crippen LogP contribution in [0.1, 0.15) is 12.3 Å². The van der Waals surface area contributed by atoms with Crippen LogP contribution in [-0.2, 0) is 6.42 Å². The van der Waals surface area contributed by atoms with Gasteiger partial charge in [0.15, 0.2) is 11.5 Å². The molecule has 0 aliphatic heterocycles. The molecule has 6 nitrogen and oxygen atoms in total. The number of tetrazole rings is 1. The summed E-state index contributed by atoms with van der Waals surface area (Å²) in [5, 5.41) is 12.7. The first kappa shape index (κ1) is 14.9. The Morgan fingerprint density at radius 2 is 1.83 bits per heavy atom. The largest absolute Gasteiger partial charge is 0.441 e. The van der Waals surface area contributed by atoms with Gasteiger partial charge in [0.2, 0.25) is 5.16 Å². The van der Waals surface area contributed by atoms with Crippen molar-refractivity contribution in [1.82, 2.24) is 25.2 Å². The van der Waals surface area contributed by atoms with Gasteiger partial charge in [-0.1, -0.05) is 42.1 Å². The van der Waals surface area contributed by atoms with Crippen molar-refractivity contribution >= 4 is 22.9 Å². The molecule has 0 spiro atoms. The van der Waals surface area contributed by atoms with Crippen LogP contribution in [0.3, 0.4) is 0 Å². The molecule has 0 atom stereocenters. The van der Waals surface area contributed by atoms with Crippen LogP contribution in [-0.4, -0.2) is 30.9 Å². The minimum absolute atomic E-state index is 0.777. The molecule has 0 bridgehead atoms. The Bertz CT molecular complexity index is 901. The minimum atomic E-state index is 0.777. The molecule has 24 heavy (non-hydrogen) atoms. The van der Waals surface area contributed by atoms with Gasteiger partial charge in [-0.05, 0) is 41.1 Å². The predicted octanol–water partition coefficient (Wildman–Crippen LogP) is 3.53. The molecule has 2 heterocycles. The van der Waals surface area contributed by atoms with E-state index in [1.54, 1.807) is 16.4 Å². The summed E-state index contributed by atoms with van der Waals surface area (Å²) in [6.45, 7) is 0. The summed E-state index contributed by atoms with van der Waals surface area (Å²) < 4.78 is 7.49. The van der Waals surface area contributed by atoms with E-state index in [1.165, 1.54) is 0 Å². The minimum Gasteiger partial charge on any atom is -0.441 e. The zero-order valence-electron chi connectivity index (χ0n) is 12.9. The number of aromatic nitrogens is 5. The summed E-state index contributed by atoms with van der Waals surface area (Å²) in [5.74, 6) is 1.67. The van der Waals surface area contributed by atoms with E-state index in [1.807, 2.05) is 54.6 Å². The summed E-state index contributed by atoms with van der Waals surface area (Å²) in [4.78, 5) is 4.49.